The Kier molecular flexibility index (Phi) is 9.48. The molecule has 2 N–H and O–H groups in total. The van der Waals surface area contributed by atoms with Crippen molar-refractivity contribution in [1.82, 2.24) is 0 Å². The number of phenolic OH excluding ortho intramolecular Hbond substituents is 1. The van der Waals surface area contributed by atoms with E-state index in [2.05, 4.69) is 0 Å². The highest BCUT2D eigenvalue weighted by atomic mass is 35.5. The highest BCUT2D eigenvalue weighted by molar-refractivity contribution is 7.91. The average Bonchev–Trinajstić information content (AvgIpc) is 2.71. The molecular formula is C22H25ClO7S. The van der Waals surface area contributed by atoms with E-state index in [1.807, 2.05) is 6.92 Å². The number of benzene rings is 2. The molecule has 2 aromatic carbocycles. The minimum Gasteiger partial charge on any atom is -0.616 e. The summed E-state index contributed by atoms with van der Waals surface area (Å²) in [6.45, 7) is 3.91. The van der Waals surface area contributed by atoms with Gasteiger partial charge in [0, 0.05) is 12.0 Å². The first-order chi connectivity index (χ1) is 14.7. The van der Waals surface area contributed by atoms with Crippen molar-refractivity contribution in [1.29, 1.82) is 0 Å². The molecule has 0 heterocycles. The highest BCUT2D eigenvalue weighted by Gasteiger charge is 2.16. The second kappa shape index (κ2) is 11.8. The molecule has 0 saturated carbocycles. The molecule has 168 valence electrons. The molecule has 0 radical (unpaired) electrons. The molecular weight excluding hydrogens is 444 g/mol. The number of carboxylic acids is 1. The van der Waals surface area contributed by atoms with Crippen LogP contribution in [0.4, 0.5) is 0 Å². The lowest BCUT2D eigenvalue weighted by atomic mass is 10.0. The Bertz CT molecular complexity index is 932. The summed E-state index contributed by atoms with van der Waals surface area (Å²) in [4.78, 5) is 23.0. The summed E-state index contributed by atoms with van der Waals surface area (Å²) in [6, 6.07) is 7.42. The number of Topliss-reactive ketones (excluding diaryl/α,β-unsaturated/α-hetero) is 1. The van der Waals surface area contributed by atoms with E-state index in [1.54, 1.807) is 19.1 Å². The molecule has 9 heteroatoms. The zero-order valence-corrected chi connectivity index (χ0v) is 18.9. The Labute approximate surface area is 189 Å². The number of ketones is 1. The van der Waals surface area contributed by atoms with Gasteiger partial charge in [-0.05, 0) is 54.9 Å². The standard InChI is InChI=1S/C22H25ClO7S/c1-3-4-19(24)17-7-8-20(14(2)21(17)25)30-10-12-31(28)11-9-29-15-5-6-16(22(26)27)18(23)13-15/h5-8,13,25H,3-4,9-12H2,1-2H3,(H,26,27). The lowest BCUT2D eigenvalue weighted by Gasteiger charge is -2.15. The van der Waals surface area contributed by atoms with Crippen LogP contribution in [-0.2, 0) is 11.2 Å². The van der Waals surface area contributed by atoms with Gasteiger partial charge in [-0.2, -0.15) is 0 Å². The highest BCUT2D eigenvalue weighted by Crippen LogP contribution is 2.31. The molecule has 0 aliphatic heterocycles. The summed E-state index contributed by atoms with van der Waals surface area (Å²) in [5.41, 5.74) is 0.737. The van der Waals surface area contributed by atoms with Crippen LogP contribution < -0.4 is 9.47 Å². The molecule has 1 unspecified atom stereocenters. The van der Waals surface area contributed by atoms with Crippen LogP contribution in [-0.4, -0.2) is 51.2 Å². The molecule has 0 aliphatic carbocycles. The molecule has 0 bridgehead atoms. The number of hydrogen-bond donors (Lipinski definition) is 2. The van der Waals surface area contributed by atoms with E-state index in [0.29, 0.717) is 29.9 Å². The largest absolute Gasteiger partial charge is 0.616 e. The summed E-state index contributed by atoms with van der Waals surface area (Å²) in [5.74, 6) is 0.0323. The van der Waals surface area contributed by atoms with Crippen molar-refractivity contribution < 1.29 is 33.8 Å². The number of phenols is 1. The molecule has 7 nitrogen and oxygen atoms in total. The molecule has 0 aliphatic rings. The van der Waals surface area contributed by atoms with Gasteiger partial charge in [-0.1, -0.05) is 18.5 Å². The number of carboxylic acid groups (broad SMARTS) is 1. The van der Waals surface area contributed by atoms with Gasteiger partial charge in [0.25, 0.3) is 0 Å². The smallest absolute Gasteiger partial charge is 0.337 e. The maximum atomic E-state index is 12.2. The molecule has 0 spiro atoms. The third kappa shape index (κ3) is 7.05. The van der Waals surface area contributed by atoms with Crippen LogP contribution in [0.5, 0.6) is 17.2 Å². The van der Waals surface area contributed by atoms with Crippen LogP contribution in [0.15, 0.2) is 30.3 Å². The van der Waals surface area contributed by atoms with Gasteiger partial charge >= 0.3 is 5.97 Å². The van der Waals surface area contributed by atoms with Gasteiger partial charge in [0.1, 0.15) is 42.0 Å². The Morgan fingerprint density at radius 3 is 2.35 bits per heavy atom. The fraction of sp³-hybridized carbons (Fsp3) is 0.364. The van der Waals surface area contributed by atoms with E-state index in [4.69, 9.17) is 26.2 Å². The van der Waals surface area contributed by atoms with E-state index in [1.165, 1.54) is 18.2 Å². The Hall–Kier alpha value is -2.42. The second-order valence-corrected chi connectivity index (χ2v) is 8.85. The summed E-state index contributed by atoms with van der Waals surface area (Å²) in [7, 11) is 0. The predicted molar refractivity (Wildman–Crippen MR) is 119 cm³/mol. The summed E-state index contributed by atoms with van der Waals surface area (Å²) in [6.07, 6.45) is 1.07. The van der Waals surface area contributed by atoms with Gasteiger partial charge in [0.2, 0.25) is 0 Å². The van der Waals surface area contributed by atoms with E-state index in [-0.39, 0.29) is 52.4 Å². The topological polar surface area (TPSA) is 116 Å². The van der Waals surface area contributed by atoms with Crippen LogP contribution in [0.3, 0.4) is 0 Å². The van der Waals surface area contributed by atoms with Crippen molar-refractivity contribution in [3.8, 4) is 17.2 Å². The van der Waals surface area contributed by atoms with Gasteiger partial charge in [-0.3, -0.25) is 4.79 Å². The fourth-order valence-electron chi connectivity index (χ4n) is 2.78. The molecule has 2 aromatic rings. The van der Waals surface area contributed by atoms with Crippen LogP contribution in [0.1, 0.15) is 46.0 Å². The van der Waals surface area contributed by atoms with E-state index in [9.17, 15) is 19.2 Å². The minimum atomic E-state index is -1.20. The summed E-state index contributed by atoms with van der Waals surface area (Å²) < 4.78 is 23.2. The number of hydrogen-bond acceptors (Lipinski definition) is 6. The quantitative estimate of drug-likeness (QED) is 0.353. The number of aromatic carboxylic acids is 1. The Morgan fingerprint density at radius 2 is 1.74 bits per heavy atom. The first-order valence-electron chi connectivity index (χ1n) is 9.73. The Morgan fingerprint density at radius 1 is 1.10 bits per heavy atom. The van der Waals surface area contributed by atoms with Crippen molar-refractivity contribution in [2.24, 2.45) is 0 Å². The van der Waals surface area contributed by atoms with Crippen molar-refractivity contribution in [2.45, 2.75) is 26.7 Å². The summed E-state index contributed by atoms with van der Waals surface area (Å²) in [5, 5.41) is 19.3. The van der Waals surface area contributed by atoms with Gasteiger partial charge in [-0.15, -0.1) is 0 Å². The minimum absolute atomic E-state index is 0.0150. The van der Waals surface area contributed by atoms with Gasteiger partial charge in [-0.25, -0.2) is 4.79 Å². The van der Waals surface area contributed by atoms with Gasteiger partial charge in [0.05, 0.1) is 16.1 Å². The third-order valence-electron chi connectivity index (χ3n) is 4.48. The zero-order valence-electron chi connectivity index (χ0n) is 17.4. The maximum Gasteiger partial charge on any atom is 0.337 e. The van der Waals surface area contributed by atoms with Crippen LogP contribution in [0.2, 0.25) is 5.02 Å². The lowest BCUT2D eigenvalue weighted by Crippen LogP contribution is -2.21. The fourth-order valence-corrected chi connectivity index (χ4v) is 3.78. The van der Waals surface area contributed by atoms with Crippen LogP contribution >= 0.6 is 11.6 Å². The van der Waals surface area contributed by atoms with Crippen LogP contribution in [0.25, 0.3) is 0 Å². The van der Waals surface area contributed by atoms with Crippen molar-refractivity contribution in [3.63, 3.8) is 0 Å². The molecule has 1 atom stereocenters. The molecule has 0 fully saturated rings. The first kappa shape index (κ1) is 24.8. The Balaban J connectivity index is 1.79. The number of aromatic hydroxyl groups is 1. The monoisotopic (exact) mass is 468 g/mol. The number of carbonyl (C=O) groups excluding carboxylic acids is 1. The van der Waals surface area contributed by atoms with E-state index < -0.39 is 17.1 Å². The molecule has 31 heavy (non-hydrogen) atoms. The number of rotatable bonds is 12. The molecule has 0 aromatic heterocycles. The second-order valence-electron chi connectivity index (χ2n) is 6.75. The molecule has 0 saturated heterocycles. The molecule has 0 amide bonds. The molecule has 2 rings (SSSR count). The lowest BCUT2D eigenvalue weighted by molar-refractivity contribution is 0.0696. The first-order valence-corrected chi connectivity index (χ1v) is 11.6. The SMILES string of the molecule is CCCC(=O)c1ccc(OCC[S+]([O-])CCOc2ccc(C(=O)O)c(Cl)c2)c(C)c1O. The van der Waals surface area contributed by atoms with Crippen molar-refractivity contribution >= 4 is 34.5 Å². The van der Waals surface area contributed by atoms with E-state index >= 15 is 0 Å². The normalized spacial score (nSPS) is 11.7. The number of halogens is 1. The number of ether oxygens (including phenoxy) is 2. The predicted octanol–water partition coefficient (Wildman–Crippen LogP) is 4.24. The summed E-state index contributed by atoms with van der Waals surface area (Å²) >= 11 is 4.68. The van der Waals surface area contributed by atoms with Crippen LogP contribution in [0, 0.1) is 6.92 Å². The van der Waals surface area contributed by atoms with Gasteiger partial charge < -0.3 is 24.2 Å². The third-order valence-corrected chi connectivity index (χ3v) is 6.03. The number of carbonyl (C=O) groups is 2. The average molecular weight is 469 g/mol. The van der Waals surface area contributed by atoms with Crippen molar-refractivity contribution in [2.75, 3.05) is 24.7 Å². The van der Waals surface area contributed by atoms with Crippen molar-refractivity contribution in [3.05, 3.63) is 52.0 Å². The maximum absolute atomic E-state index is 12.2. The zero-order chi connectivity index (χ0) is 23.0. The van der Waals surface area contributed by atoms with E-state index in [0.717, 1.165) is 0 Å². The van der Waals surface area contributed by atoms with Gasteiger partial charge in [0.15, 0.2) is 5.78 Å².